The van der Waals surface area contributed by atoms with E-state index in [1.165, 1.54) is 5.56 Å². The Morgan fingerprint density at radius 1 is 0.941 bits per heavy atom. The number of hydrogen-bond acceptors (Lipinski definition) is 3. The molecule has 0 saturated heterocycles. The summed E-state index contributed by atoms with van der Waals surface area (Å²) < 4.78 is 0. The lowest BCUT2D eigenvalue weighted by molar-refractivity contribution is 0.402. The molecule has 2 aromatic rings. The Labute approximate surface area is 102 Å². The lowest BCUT2D eigenvalue weighted by atomic mass is 10.2. The van der Waals surface area contributed by atoms with Gasteiger partial charge in [-0.15, -0.1) is 0 Å². The zero-order chi connectivity index (χ0) is 12.1. The summed E-state index contributed by atoms with van der Waals surface area (Å²) in [5, 5.41) is 3.33. The van der Waals surface area contributed by atoms with Gasteiger partial charge >= 0.3 is 0 Å². The van der Waals surface area contributed by atoms with Gasteiger partial charge < -0.3 is 10.2 Å². The minimum atomic E-state index is 0.968. The molecule has 0 aliphatic rings. The van der Waals surface area contributed by atoms with E-state index in [1.807, 2.05) is 12.1 Å². The molecule has 1 N–H and O–H groups in total. The summed E-state index contributed by atoms with van der Waals surface area (Å²) in [5.74, 6) is 0. The van der Waals surface area contributed by atoms with Crippen LogP contribution in [0, 0.1) is 0 Å². The van der Waals surface area contributed by atoms with Crippen LogP contribution in [0.25, 0.3) is 0 Å². The Morgan fingerprint density at radius 3 is 2.12 bits per heavy atom. The van der Waals surface area contributed by atoms with Crippen LogP contribution in [0.2, 0.25) is 0 Å². The molecule has 0 unspecified atom stereocenters. The van der Waals surface area contributed by atoms with Crippen LogP contribution in [0.3, 0.4) is 0 Å². The van der Waals surface area contributed by atoms with Crippen molar-refractivity contribution in [3.63, 3.8) is 0 Å². The second kappa shape index (κ2) is 5.46. The van der Waals surface area contributed by atoms with Gasteiger partial charge in [0.25, 0.3) is 0 Å². The second-order valence-electron chi connectivity index (χ2n) is 4.30. The van der Waals surface area contributed by atoms with Crippen molar-refractivity contribution in [2.75, 3.05) is 19.4 Å². The highest BCUT2D eigenvalue weighted by Crippen LogP contribution is 2.16. The van der Waals surface area contributed by atoms with Crippen molar-refractivity contribution in [3.05, 3.63) is 54.4 Å². The SMILES string of the molecule is CN(C)Cc1ccc(Nc2ccncc2)cc1. The quantitative estimate of drug-likeness (QED) is 0.870. The first-order chi connectivity index (χ1) is 8.24. The number of rotatable bonds is 4. The van der Waals surface area contributed by atoms with Crippen LogP contribution in [-0.2, 0) is 6.54 Å². The third-order valence-corrected chi connectivity index (χ3v) is 2.42. The second-order valence-corrected chi connectivity index (χ2v) is 4.30. The van der Waals surface area contributed by atoms with E-state index in [2.05, 4.69) is 53.6 Å². The molecule has 0 atom stereocenters. The summed E-state index contributed by atoms with van der Waals surface area (Å²) in [6.07, 6.45) is 3.56. The fourth-order valence-electron chi connectivity index (χ4n) is 1.66. The third-order valence-electron chi connectivity index (χ3n) is 2.42. The molecular weight excluding hydrogens is 210 g/mol. The topological polar surface area (TPSA) is 28.2 Å². The van der Waals surface area contributed by atoms with E-state index in [4.69, 9.17) is 0 Å². The highest BCUT2D eigenvalue weighted by Gasteiger charge is 1.96. The van der Waals surface area contributed by atoms with Gasteiger partial charge in [0, 0.05) is 30.3 Å². The summed E-state index contributed by atoms with van der Waals surface area (Å²) in [6, 6.07) is 12.4. The zero-order valence-corrected chi connectivity index (χ0v) is 10.2. The van der Waals surface area contributed by atoms with Crippen LogP contribution in [0.4, 0.5) is 11.4 Å². The molecule has 0 bridgehead atoms. The first-order valence-electron chi connectivity index (χ1n) is 5.65. The minimum absolute atomic E-state index is 0.968. The van der Waals surface area contributed by atoms with Gasteiger partial charge in [0.1, 0.15) is 0 Å². The van der Waals surface area contributed by atoms with E-state index in [9.17, 15) is 0 Å². The van der Waals surface area contributed by atoms with Crippen molar-refractivity contribution in [1.29, 1.82) is 0 Å². The molecule has 0 aliphatic carbocycles. The Kier molecular flexibility index (Phi) is 3.73. The summed E-state index contributed by atoms with van der Waals surface area (Å²) in [6.45, 7) is 0.968. The predicted molar refractivity (Wildman–Crippen MR) is 71.4 cm³/mol. The van der Waals surface area contributed by atoms with Gasteiger partial charge in [-0.3, -0.25) is 4.98 Å². The van der Waals surface area contributed by atoms with Gasteiger partial charge in [-0.2, -0.15) is 0 Å². The smallest absolute Gasteiger partial charge is 0.0415 e. The summed E-state index contributed by atoms with van der Waals surface area (Å²) in [7, 11) is 4.15. The summed E-state index contributed by atoms with van der Waals surface area (Å²) in [5.41, 5.74) is 3.47. The molecule has 1 aromatic heterocycles. The molecular formula is C14H17N3. The molecule has 0 saturated carbocycles. The standard InChI is InChI=1S/C14H17N3/c1-17(2)11-12-3-5-13(6-4-12)16-14-7-9-15-10-8-14/h3-10H,11H2,1-2H3,(H,15,16). The fraction of sp³-hybridized carbons (Fsp3) is 0.214. The van der Waals surface area contributed by atoms with Crippen LogP contribution in [0.15, 0.2) is 48.8 Å². The monoisotopic (exact) mass is 227 g/mol. The molecule has 3 heteroatoms. The molecule has 0 fully saturated rings. The van der Waals surface area contributed by atoms with E-state index in [-0.39, 0.29) is 0 Å². The number of benzene rings is 1. The maximum absolute atomic E-state index is 3.99. The average Bonchev–Trinajstić information content (AvgIpc) is 2.32. The molecule has 0 radical (unpaired) electrons. The molecule has 3 nitrogen and oxygen atoms in total. The zero-order valence-electron chi connectivity index (χ0n) is 10.2. The van der Waals surface area contributed by atoms with E-state index in [0.29, 0.717) is 0 Å². The Morgan fingerprint density at radius 2 is 1.53 bits per heavy atom. The Hall–Kier alpha value is -1.87. The van der Waals surface area contributed by atoms with E-state index < -0.39 is 0 Å². The largest absolute Gasteiger partial charge is 0.355 e. The van der Waals surface area contributed by atoms with Gasteiger partial charge in [0.05, 0.1) is 0 Å². The van der Waals surface area contributed by atoms with Gasteiger partial charge in [-0.1, -0.05) is 12.1 Å². The first-order valence-corrected chi connectivity index (χ1v) is 5.65. The highest BCUT2D eigenvalue weighted by molar-refractivity contribution is 5.58. The van der Waals surface area contributed by atoms with Crippen molar-refractivity contribution in [3.8, 4) is 0 Å². The van der Waals surface area contributed by atoms with Gasteiger partial charge in [0.15, 0.2) is 0 Å². The lowest BCUT2D eigenvalue weighted by Crippen LogP contribution is -2.10. The van der Waals surface area contributed by atoms with Crippen molar-refractivity contribution in [2.45, 2.75) is 6.54 Å². The molecule has 17 heavy (non-hydrogen) atoms. The van der Waals surface area contributed by atoms with Crippen LogP contribution in [0.5, 0.6) is 0 Å². The van der Waals surface area contributed by atoms with Crippen LogP contribution < -0.4 is 5.32 Å². The number of anilines is 2. The fourth-order valence-corrected chi connectivity index (χ4v) is 1.66. The van der Waals surface area contributed by atoms with Crippen molar-refractivity contribution in [2.24, 2.45) is 0 Å². The van der Waals surface area contributed by atoms with E-state index in [1.54, 1.807) is 12.4 Å². The molecule has 0 spiro atoms. The van der Waals surface area contributed by atoms with Crippen molar-refractivity contribution in [1.82, 2.24) is 9.88 Å². The van der Waals surface area contributed by atoms with Crippen LogP contribution in [0.1, 0.15) is 5.56 Å². The number of aromatic nitrogens is 1. The minimum Gasteiger partial charge on any atom is -0.355 e. The van der Waals surface area contributed by atoms with Crippen molar-refractivity contribution >= 4 is 11.4 Å². The Bertz CT molecular complexity index is 449. The first kappa shape index (κ1) is 11.6. The predicted octanol–water partition coefficient (Wildman–Crippen LogP) is 2.89. The van der Waals surface area contributed by atoms with Gasteiger partial charge in [0.2, 0.25) is 0 Å². The van der Waals surface area contributed by atoms with E-state index in [0.717, 1.165) is 17.9 Å². The highest BCUT2D eigenvalue weighted by atomic mass is 15.0. The van der Waals surface area contributed by atoms with E-state index >= 15 is 0 Å². The summed E-state index contributed by atoms with van der Waals surface area (Å²) >= 11 is 0. The normalized spacial score (nSPS) is 10.5. The third kappa shape index (κ3) is 3.57. The van der Waals surface area contributed by atoms with Gasteiger partial charge in [-0.05, 0) is 43.9 Å². The number of nitrogens with one attached hydrogen (secondary N) is 1. The van der Waals surface area contributed by atoms with Gasteiger partial charge in [-0.25, -0.2) is 0 Å². The summed E-state index contributed by atoms with van der Waals surface area (Å²) in [4.78, 5) is 6.15. The molecule has 1 heterocycles. The molecule has 0 amide bonds. The number of nitrogens with zero attached hydrogens (tertiary/aromatic N) is 2. The van der Waals surface area contributed by atoms with Crippen molar-refractivity contribution < 1.29 is 0 Å². The maximum atomic E-state index is 3.99. The maximum Gasteiger partial charge on any atom is 0.0415 e. The van der Waals surface area contributed by atoms with Crippen LogP contribution >= 0.6 is 0 Å². The molecule has 0 aliphatic heterocycles. The molecule has 88 valence electrons. The lowest BCUT2D eigenvalue weighted by Gasteiger charge is -2.11. The number of hydrogen-bond donors (Lipinski definition) is 1. The number of pyridine rings is 1. The Balaban J connectivity index is 2.03. The van der Waals surface area contributed by atoms with Crippen LogP contribution in [-0.4, -0.2) is 24.0 Å². The molecule has 1 aromatic carbocycles. The molecule has 2 rings (SSSR count). The average molecular weight is 227 g/mol.